The Balaban J connectivity index is 1.10. The molecular formula is C92H127ClN22O19S2. The summed E-state index contributed by atoms with van der Waals surface area (Å²) in [4.78, 5) is 263. The SMILES string of the molecule is CCCC[C@H]1C(=O)N(C)[C@@H](CCCC)C(=O)N[C@@H](CCCNC(=N)N)C(=O)N[C@H](C(=O)NCC(N)=O)CSCC(=O)N[C@@H](Cc2ccc(Cl)cc2)C(=O)N(C)[C@@H](C)C(=O)N[C@@H](CC(N)=O)C(=O)N2CCC[C@H]2C(=O)N[C@@H](Cc2ccc[nH]2)C(=O)N[C@@H](CC(C)C)C(=O)N2C[C@H](O)C[C@H]2C(=O)N[C@@H](Cc2c[nH]c3ccccc23)C(=O)N[C@@H](CO)C(=O)N[C@@H](Cc2csc3ccccc23)C(=O)N1C. The molecule has 9 rings (SSSR count). The predicted molar refractivity (Wildman–Crippen MR) is 509 cm³/mol. The lowest BCUT2D eigenvalue weighted by Crippen LogP contribution is -2.62. The number of aliphatic hydroxyl groups excluding tert-OH is 2. The lowest BCUT2D eigenvalue weighted by molar-refractivity contribution is -0.149. The molecule has 0 aliphatic carbocycles. The number of H-pyrrole nitrogens is 2. The van der Waals surface area contributed by atoms with Gasteiger partial charge in [-0.05, 0) is 122 Å². The van der Waals surface area contributed by atoms with Gasteiger partial charge in [0.1, 0.15) is 84.6 Å². The number of benzene rings is 3. The highest BCUT2D eigenvalue weighted by atomic mass is 35.5. The number of rotatable bonds is 26. The van der Waals surface area contributed by atoms with Crippen LogP contribution in [0.4, 0.5) is 0 Å². The van der Waals surface area contributed by atoms with Crippen LogP contribution >= 0.6 is 34.7 Å². The molecule has 41 nitrogen and oxygen atoms in total. The van der Waals surface area contributed by atoms with E-state index in [0.29, 0.717) is 69.4 Å². The van der Waals surface area contributed by atoms with Crippen LogP contribution in [0.25, 0.3) is 21.0 Å². The Morgan fingerprint density at radius 3 is 1.79 bits per heavy atom. The first-order valence-corrected chi connectivity index (χ1v) is 48.0. The summed E-state index contributed by atoms with van der Waals surface area (Å²) in [7, 11) is 3.95. The fourth-order valence-electron chi connectivity index (χ4n) is 16.8. The molecule has 22 N–H and O–H groups in total. The largest absolute Gasteiger partial charge is 0.394 e. The van der Waals surface area contributed by atoms with Crippen LogP contribution in [-0.4, -0.2) is 307 Å². The molecule has 0 unspecified atom stereocenters. The molecule has 17 amide bonds. The molecule has 738 valence electrons. The minimum Gasteiger partial charge on any atom is -0.394 e. The van der Waals surface area contributed by atoms with Gasteiger partial charge in [0.15, 0.2) is 5.96 Å². The third-order valence-corrected chi connectivity index (χ3v) is 26.6. The molecule has 6 aromatic rings. The number of hydrogen-bond acceptors (Lipinski definition) is 22. The Morgan fingerprint density at radius 1 is 0.559 bits per heavy atom. The Bertz CT molecular complexity index is 5250. The van der Waals surface area contributed by atoms with Crippen LogP contribution in [0, 0.1) is 11.3 Å². The number of fused-ring (bicyclic) bond motifs is 4. The van der Waals surface area contributed by atoms with Crippen molar-refractivity contribution in [3.63, 3.8) is 0 Å². The number of aliphatic hydroxyl groups is 2. The topological polar surface area (TPSA) is 613 Å². The number of hydrogen-bond donors (Lipinski definition) is 19. The van der Waals surface area contributed by atoms with Gasteiger partial charge in [-0.2, -0.15) is 0 Å². The molecule has 3 fully saturated rings. The minimum atomic E-state index is -1.88. The van der Waals surface area contributed by atoms with Crippen molar-refractivity contribution < 1.29 is 91.7 Å². The monoisotopic (exact) mass is 1940 g/mol. The van der Waals surface area contributed by atoms with Crippen LogP contribution < -0.4 is 75.7 Å². The van der Waals surface area contributed by atoms with Crippen molar-refractivity contribution in [2.75, 3.05) is 65.4 Å². The maximum Gasteiger partial charge on any atom is 0.246 e. The second-order valence-electron chi connectivity index (χ2n) is 35.0. The number of aromatic nitrogens is 2. The molecule has 0 bridgehead atoms. The standard InChI is InChI=1S/C92H127ClN22O19S2/c1-9-11-25-70-84(127)103-61(24-18-34-99-92(96)97)80(123)110-69(79(122)101-44-76(95)119)48-135-49-77(120)102-65(37-52-29-31-55(93)32-30-52)87(130)111(6)51(5)78(121)106-67(42-75(94)118)89(132)114-35-19-27-71(114)85(128)105-63(40-56-20-17-33-98-56)82(125)107-64(36-50(3)4)90(133)115-45-57(117)41-73(115)86(129)104-62(38-53-43-100-60-23-15-13-21-58(53)60)81(124)109-68(46-116)83(126)108-66(39-54-47-136-74-28-16-14-22-59(54)74)88(131)113(8)72(26-12-10-2)91(134)112(70)7/h13-17,20-23,28-33,43,47,50-51,57,61-73,98,100,116-117H,9-12,18-19,24-27,34-42,44-46,48-49H2,1-8H3,(H2,94,118)(H2,95,119)(H,101,122)(H,102,120)(H,103,127)(H,104,129)(H,105,128)(H,106,121)(H,107,125)(H,108,126)(H,109,124)(H,110,123)(H4,96,97,99)/t51-,57+,61-,62-,63-,64-,65-,66-,67-,68-,69-,70-,71-,72-,73-/m0/s1. The number of halogens is 1. The summed E-state index contributed by atoms with van der Waals surface area (Å²) in [6, 6.07) is 2.19. The molecule has 3 aliphatic rings. The second-order valence-corrected chi connectivity index (χ2v) is 37.3. The van der Waals surface area contributed by atoms with E-state index in [1.807, 2.05) is 32.0 Å². The molecular weight excluding hydrogens is 1820 g/mol. The molecule has 15 atom stereocenters. The van der Waals surface area contributed by atoms with Crippen molar-refractivity contribution in [3.05, 3.63) is 130 Å². The van der Waals surface area contributed by atoms with Crippen LogP contribution in [0.1, 0.15) is 140 Å². The van der Waals surface area contributed by atoms with Crippen molar-refractivity contribution >= 4 is 162 Å². The Labute approximate surface area is 800 Å². The van der Waals surface area contributed by atoms with E-state index in [1.54, 1.807) is 86.2 Å². The van der Waals surface area contributed by atoms with E-state index >= 15 is 38.4 Å². The summed E-state index contributed by atoms with van der Waals surface area (Å²) in [5.74, 6) is -17.5. The van der Waals surface area contributed by atoms with Gasteiger partial charge in [0.25, 0.3) is 0 Å². The number of primary amides is 2. The maximum absolute atomic E-state index is 15.8. The third-order valence-electron chi connectivity index (χ3n) is 24.3. The highest BCUT2D eigenvalue weighted by Gasteiger charge is 2.47. The van der Waals surface area contributed by atoms with Crippen LogP contribution in [0.5, 0.6) is 0 Å². The number of unbranched alkanes of at least 4 members (excludes halogenated alkanes) is 2. The summed E-state index contributed by atoms with van der Waals surface area (Å²) in [5.41, 5.74) is 19.4. The fraction of sp³-hybridized carbons (Fsp3) is 0.522. The van der Waals surface area contributed by atoms with E-state index in [1.165, 1.54) is 51.5 Å². The third kappa shape index (κ3) is 29.9. The molecule has 0 spiro atoms. The van der Waals surface area contributed by atoms with Crippen molar-refractivity contribution in [2.45, 2.75) is 234 Å². The van der Waals surface area contributed by atoms with Gasteiger partial charge in [0, 0.05) is 117 Å². The van der Waals surface area contributed by atoms with Gasteiger partial charge in [-0.15, -0.1) is 23.1 Å². The van der Waals surface area contributed by atoms with Crippen molar-refractivity contribution in [3.8, 4) is 0 Å². The van der Waals surface area contributed by atoms with Gasteiger partial charge < -0.3 is 120 Å². The van der Waals surface area contributed by atoms with Crippen LogP contribution in [0.3, 0.4) is 0 Å². The molecule has 0 saturated carbocycles. The number of para-hydroxylation sites is 1. The number of carbonyl (C=O) groups is 17. The lowest BCUT2D eigenvalue weighted by Gasteiger charge is -2.36. The first kappa shape index (κ1) is 107. The van der Waals surface area contributed by atoms with Crippen molar-refractivity contribution in [1.29, 1.82) is 5.41 Å². The number of guanidine groups is 1. The van der Waals surface area contributed by atoms with E-state index in [4.69, 9.17) is 34.2 Å². The first-order valence-electron chi connectivity index (χ1n) is 45.6. The van der Waals surface area contributed by atoms with E-state index < -0.39 is 235 Å². The summed E-state index contributed by atoms with van der Waals surface area (Å²) < 4.78 is 0.815. The quantitative estimate of drug-likeness (QED) is 0.0182. The average Bonchev–Trinajstić information content (AvgIpc) is 1.53. The summed E-state index contributed by atoms with van der Waals surface area (Å²) >= 11 is 8.40. The zero-order chi connectivity index (χ0) is 99.3. The van der Waals surface area contributed by atoms with Gasteiger partial charge in [-0.1, -0.05) is 114 Å². The first-order chi connectivity index (χ1) is 64.8. The van der Waals surface area contributed by atoms with Gasteiger partial charge in [0.05, 0.1) is 31.4 Å². The number of nitrogens with one attached hydrogen (secondary N) is 14. The van der Waals surface area contributed by atoms with Gasteiger partial charge in [-0.3, -0.25) is 86.9 Å². The molecule has 6 heterocycles. The Morgan fingerprint density at radius 2 is 1.14 bits per heavy atom. The van der Waals surface area contributed by atoms with Crippen LogP contribution in [0.15, 0.2) is 103 Å². The predicted octanol–water partition coefficient (Wildman–Crippen LogP) is -0.643. The van der Waals surface area contributed by atoms with E-state index in [-0.39, 0.29) is 96.1 Å². The zero-order valence-electron chi connectivity index (χ0n) is 77.5. The molecule has 3 aromatic carbocycles. The van der Waals surface area contributed by atoms with Crippen molar-refractivity contribution in [2.24, 2.45) is 23.1 Å². The molecule has 3 aromatic heterocycles. The molecule has 0 radical (unpaired) electrons. The van der Waals surface area contributed by atoms with E-state index in [0.717, 1.165) is 41.0 Å². The summed E-state index contributed by atoms with van der Waals surface area (Å²) in [6.45, 7) is 6.13. The average molecular weight is 1940 g/mol. The molecule has 44 heteroatoms. The van der Waals surface area contributed by atoms with Crippen LogP contribution in [-0.2, 0) is 107 Å². The van der Waals surface area contributed by atoms with E-state index in [2.05, 4.69) is 68.5 Å². The number of amides is 17. The highest BCUT2D eigenvalue weighted by molar-refractivity contribution is 8.00. The number of likely N-dealkylation sites (N-methyl/N-ethyl adjacent to an activating group) is 3. The van der Waals surface area contributed by atoms with Crippen LogP contribution in [0.2, 0.25) is 5.02 Å². The van der Waals surface area contributed by atoms with Gasteiger partial charge >= 0.3 is 0 Å². The number of thioether (sulfide) groups is 1. The number of aromatic amines is 2. The van der Waals surface area contributed by atoms with Gasteiger partial charge in [0.2, 0.25) is 100 Å². The van der Waals surface area contributed by atoms with Crippen molar-refractivity contribution in [1.82, 2.24) is 93.0 Å². The Kier molecular flexibility index (Phi) is 40.3. The number of nitrogens with two attached hydrogens (primary N) is 3. The second kappa shape index (κ2) is 51.3. The maximum atomic E-state index is 15.8. The van der Waals surface area contributed by atoms with E-state index in [9.17, 15) is 53.4 Å². The zero-order valence-corrected chi connectivity index (χ0v) is 79.9. The highest BCUT2D eigenvalue weighted by Crippen LogP contribution is 2.30. The van der Waals surface area contributed by atoms with Gasteiger partial charge in [-0.25, -0.2) is 0 Å². The minimum absolute atomic E-state index is 0.000388. The lowest BCUT2D eigenvalue weighted by atomic mass is 10.00. The molecule has 3 saturated heterocycles. The summed E-state index contributed by atoms with van der Waals surface area (Å²) in [6.07, 6.45) is 1.26. The number of nitrogens with zero attached hydrogens (tertiary/aromatic N) is 5. The summed E-state index contributed by atoms with van der Waals surface area (Å²) in [5, 5.41) is 63.3. The molecule has 3 aliphatic heterocycles. The smallest absolute Gasteiger partial charge is 0.246 e. The number of thiophene rings is 1. The molecule has 136 heavy (non-hydrogen) atoms. The normalized spacial score (nSPS) is 24.7. The Hall–Kier alpha value is -12.7. The fourth-order valence-corrected chi connectivity index (χ4v) is 18.7. The number of carbonyl (C=O) groups excluding carboxylic acids is 17.